The number of nitro benzene ring substituents is 1. The molecular weight excluding hydrogens is 286 g/mol. The van der Waals surface area contributed by atoms with Crippen molar-refractivity contribution >= 4 is 23.2 Å². The maximum absolute atomic E-state index is 12.6. The highest BCUT2D eigenvalue weighted by Gasteiger charge is 2.44. The Hall–Kier alpha value is -2.28. The molecular formula is C15H17N3O4. The first-order valence-electron chi connectivity index (χ1n) is 7.44. The lowest BCUT2D eigenvalue weighted by Crippen LogP contribution is -2.44. The minimum absolute atomic E-state index is 0.0713. The van der Waals surface area contributed by atoms with Gasteiger partial charge in [-0.25, -0.2) is 4.90 Å². The number of rotatable bonds is 3. The number of hydrogen-bond donors (Lipinski definition) is 0. The fourth-order valence-electron chi connectivity index (χ4n) is 3.19. The first-order chi connectivity index (χ1) is 10.6. The smallest absolute Gasteiger partial charge is 0.292 e. The van der Waals surface area contributed by atoms with Crippen LogP contribution in [0.3, 0.4) is 0 Å². The summed E-state index contributed by atoms with van der Waals surface area (Å²) in [6, 6.07) is 5.40. The zero-order valence-corrected chi connectivity index (χ0v) is 12.1. The second kappa shape index (κ2) is 5.84. The van der Waals surface area contributed by atoms with Crippen LogP contribution in [0.25, 0.3) is 0 Å². The van der Waals surface area contributed by atoms with Crippen LogP contribution in [0.15, 0.2) is 24.3 Å². The molecule has 7 nitrogen and oxygen atoms in total. The van der Waals surface area contributed by atoms with Crippen LogP contribution in [0, 0.1) is 10.1 Å². The third kappa shape index (κ3) is 2.48. The summed E-state index contributed by atoms with van der Waals surface area (Å²) >= 11 is 0. The Morgan fingerprint density at radius 2 is 1.77 bits per heavy atom. The van der Waals surface area contributed by atoms with Gasteiger partial charge in [0.1, 0.15) is 5.69 Å². The lowest BCUT2D eigenvalue weighted by atomic mass is 10.1. The summed E-state index contributed by atoms with van der Waals surface area (Å²) in [6.07, 6.45) is 3.27. The summed E-state index contributed by atoms with van der Waals surface area (Å²) < 4.78 is 0. The van der Waals surface area contributed by atoms with E-state index in [1.165, 1.54) is 18.2 Å². The van der Waals surface area contributed by atoms with E-state index in [-0.39, 0.29) is 29.6 Å². The van der Waals surface area contributed by atoms with Gasteiger partial charge in [0.15, 0.2) is 0 Å². The normalized spacial score (nSPS) is 23.1. The second-order valence-electron chi connectivity index (χ2n) is 5.63. The number of carbonyl (C=O) groups is 2. The number of amides is 2. The third-order valence-electron chi connectivity index (χ3n) is 4.27. The summed E-state index contributed by atoms with van der Waals surface area (Å²) in [5.41, 5.74) is -0.148. The molecule has 2 fully saturated rings. The number of para-hydroxylation sites is 2. The molecule has 0 saturated carbocycles. The van der Waals surface area contributed by atoms with Gasteiger partial charge in [-0.2, -0.15) is 0 Å². The Labute approximate surface area is 127 Å². The first-order valence-corrected chi connectivity index (χ1v) is 7.44. The van der Waals surface area contributed by atoms with Gasteiger partial charge >= 0.3 is 0 Å². The molecule has 1 atom stereocenters. The number of piperidine rings is 1. The van der Waals surface area contributed by atoms with Gasteiger partial charge in [-0.05, 0) is 32.0 Å². The van der Waals surface area contributed by atoms with E-state index in [1.807, 2.05) is 4.90 Å². The topological polar surface area (TPSA) is 83.8 Å². The molecule has 2 saturated heterocycles. The van der Waals surface area contributed by atoms with E-state index in [2.05, 4.69) is 0 Å². The van der Waals surface area contributed by atoms with E-state index in [1.54, 1.807) is 6.07 Å². The monoisotopic (exact) mass is 303 g/mol. The van der Waals surface area contributed by atoms with Gasteiger partial charge in [0.2, 0.25) is 5.91 Å². The molecule has 0 aromatic heterocycles. The highest BCUT2D eigenvalue weighted by Crippen LogP contribution is 2.33. The van der Waals surface area contributed by atoms with Crippen molar-refractivity contribution in [1.29, 1.82) is 0 Å². The van der Waals surface area contributed by atoms with E-state index in [4.69, 9.17) is 0 Å². The number of likely N-dealkylation sites (tertiary alicyclic amines) is 1. The van der Waals surface area contributed by atoms with Crippen molar-refractivity contribution in [3.8, 4) is 0 Å². The minimum atomic E-state index is -0.565. The number of nitrogens with zero attached hydrogens (tertiary/aromatic N) is 3. The maximum atomic E-state index is 12.6. The fraction of sp³-hybridized carbons (Fsp3) is 0.467. The SMILES string of the molecule is O=C1CC(N2CCCCC2)C(=O)N1c1ccccc1[N+](=O)[O-]. The molecule has 7 heteroatoms. The molecule has 22 heavy (non-hydrogen) atoms. The predicted molar refractivity (Wildman–Crippen MR) is 79.4 cm³/mol. The van der Waals surface area contributed by atoms with Crippen LogP contribution < -0.4 is 4.90 Å². The van der Waals surface area contributed by atoms with E-state index < -0.39 is 11.0 Å². The maximum Gasteiger partial charge on any atom is 0.293 e. The molecule has 2 amide bonds. The zero-order valence-electron chi connectivity index (χ0n) is 12.1. The summed E-state index contributed by atoms with van der Waals surface area (Å²) in [6.45, 7) is 1.60. The molecule has 1 unspecified atom stereocenters. The van der Waals surface area contributed by atoms with Crippen LogP contribution in [-0.4, -0.2) is 40.8 Å². The van der Waals surface area contributed by atoms with Gasteiger partial charge < -0.3 is 0 Å². The Balaban J connectivity index is 1.90. The number of carbonyl (C=O) groups excluding carboxylic acids is 2. The Bertz CT molecular complexity index is 625. The Kier molecular flexibility index (Phi) is 3.89. The van der Waals surface area contributed by atoms with Crippen molar-refractivity contribution in [2.75, 3.05) is 18.0 Å². The second-order valence-corrected chi connectivity index (χ2v) is 5.63. The molecule has 0 aliphatic carbocycles. The fourth-order valence-corrected chi connectivity index (χ4v) is 3.19. The van der Waals surface area contributed by atoms with Crippen molar-refractivity contribution in [2.24, 2.45) is 0 Å². The minimum Gasteiger partial charge on any atom is -0.292 e. The molecule has 0 radical (unpaired) electrons. The average molecular weight is 303 g/mol. The molecule has 2 aliphatic heterocycles. The van der Waals surface area contributed by atoms with Crippen LogP contribution in [-0.2, 0) is 9.59 Å². The van der Waals surface area contributed by atoms with Crippen LogP contribution in [0.4, 0.5) is 11.4 Å². The van der Waals surface area contributed by atoms with Gasteiger partial charge in [-0.3, -0.25) is 24.6 Å². The molecule has 3 rings (SSSR count). The van der Waals surface area contributed by atoms with Gasteiger partial charge in [0.25, 0.3) is 11.6 Å². The van der Waals surface area contributed by atoms with Crippen molar-refractivity contribution < 1.29 is 14.5 Å². The first kappa shape index (κ1) is 14.6. The van der Waals surface area contributed by atoms with E-state index in [0.29, 0.717) is 0 Å². The van der Waals surface area contributed by atoms with E-state index in [9.17, 15) is 19.7 Å². The predicted octanol–water partition coefficient (Wildman–Crippen LogP) is 1.71. The molecule has 0 spiro atoms. The van der Waals surface area contributed by atoms with Crippen LogP contribution in [0.5, 0.6) is 0 Å². The highest BCUT2D eigenvalue weighted by atomic mass is 16.6. The quantitative estimate of drug-likeness (QED) is 0.482. The van der Waals surface area contributed by atoms with Gasteiger partial charge in [-0.1, -0.05) is 18.6 Å². The summed E-state index contributed by atoms with van der Waals surface area (Å²) in [4.78, 5) is 38.5. The van der Waals surface area contributed by atoms with Gasteiger partial charge in [0.05, 0.1) is 17.4 Å². The number of anilines is 1. The van der Waals surface area contributed by atoms with Crippen molar-refractivity contribution in [2.45, 2.75) is 31.7 Å². The summed E-state index contributed by atoms with van der Waals surface area (Å²) in [5.74, 6) is -0.712. The van der Waals surface area contributed by atoms with E-state index >= 15 is 0 Å². The largest absolute Gasteiger partial charge is 0.293 e. The molecule has 2 aliphatic rings. The summed E-state index contributed by atoms with van der Waals surface area (Å²) in [5, 5.41) is 11.1. The molecule has 2 heterocycles. The van der Waals surface area contributed by atoms with Crippen LogP contribution in [0.2, 0.25) is 0 Å². The van der Waals surface area contributed by atoms with Crippen molar-refractivity contribution in [1.82, 2.24) is 4.90 Å². The summed E-state index contributed by atoms with van der Waals surface area (Å²) in [7, 11) is 0. The average Bonchev–Trinajstić information content (AvgIpc) is 2.83. The van der Waals surface area contributed by atoms with Gasteiger partial charge in [-0.15, -0.1) is 0 Å². The number of hydrogen-bond acceptors (Lipinski definition) is 5. The zero-order chi connectivity index (χ0) is 15.7. The van der Waals surface area contributed by atoms with Gasteiger partial charge in [0, 0.05) is 6.07 Å². The highest BCUT2D eigenvalue weighted by molar-refractivity contribution is 6.23. The third-order valence-corrected chi connectivity index (χ3v) is 4.27. The molecule has 0 N–H and O–H groups in total. The molecule has 0 bridgehead atoms. The number of imide groups is 1. The van der Waals surface area contributed by atoms with Crippen LogP contribution >= 0.6 is 0 Å². The number of nitro groups is 1. The van der Waals surface area contributed by atoms with Crippen molar-refractivity contribution in [3.63, 3.8) is 0 Å². The van der Waals surface area contributed by atoms with Crippen LogP contribution in [0.1, 0.15) is 25.7 Å². The van der Waals surface area contributed by atoms with Crippen molar-refractivity contribution in [3.05, 3.63) is 34.4 Å². The molecule has 1 aromatic carbocycles. The molecule has 116 valence electrons. The lowest BCUT2D eigenvalue weighted by Gasteiger charge is -2.30. The Morgan fingerprint density at radius 1 is 1.09 bits per heavy atom. The lowest BCUT2D eigenvalue weighted by molar-refractivity contribution is -0.384. The molecule has 1 aromatic rings. The Morgan fingerprint density at radius 3 is 2.45 bits per heavy atom. The standard InChI is InChI=1S/C15H17N3O4/c19-14-10-13(16-8-4-1-5-9-16)15(20)17(14)11-6-2-3-7-12(11)18(21)22/h2-3,6-7,13H,1,4-5,8-10H2. The van der Waals surface area contributed by atoms with E-state index in [0.717, 1.165) is 37.3 Å². The number of benzene rings is 1.